The fraction of sp³-hybridized carbons (Fsp3) is 0.783. The molecule has 0 aliphatic heterocycles. The molecule has 0 fully saturated rings. The summed E-state index contributed by atoms with van der Waals surface area (Å²) in [5.41, 5.74) is 0. The zero-order chi connectivity index (χ0) is 13.1. The molecule has 0 amide bonds. The predicted octanol–water partition coefficient (Wildman–Crippen LogP) is 7.89. The van der Waals surface area contributed by atoms with Crippen LogP contribution in [0.3, 0.4) is 0 Å². The van der Waals surface area contributed by atoms with Gasteiger partial charge in [0.05, 0.1) is 6.42 Å². The normalized spacial score (nSPS) is 6.00. The molecule has 0 aromatic carbocycles. The number of esters is 2. The van der Waals surface area contributed by atoms with Gasteiger partial charge in [-0.05, 0) is 6.92 Å². The van der Waals surface area contributed by atoms with Gasteiger partial charge in [0, 0.05) is 7.11 Å². The van der Waals surface area contributed by atoms with Crippen molar-refractivity contribution in [1.82, 2.24) is 0 Å². The minimum Gasteiger partial charge on any atom is -0.460 e. The molecule has 0 heterocycles. The van der Waals surface area contributed by atoms with E-state index in [1.165, 1.54) is 26.2 Å². The molecule has 6 nitrogen and oxygen atoms in total. The van der Waals surface area contributed by atoms with Gasteiger partial charge in [0.1, 0.15) is 19.8 Å². The van der Waals surface area contributed by atoms with Gasteiger partial charge in [-0.25, -0.2) is 4.79 Å². The minimum atomic E-state index is -0.500. The van der Waals surface area contributed by atoms with Crippen LogP contribution in [0.25, 0.3) is 0 Å². The monoisotopic (exact) mass is 436 g/mol. The van der Waals surface area contributed by atoms with Crippen LogP contribution in [0, 0.1) is 0 Å². The molecule has 0 unspecified atom stereocenters. The molecule has 0 saturated heterocycles. The standard InChI is InChI=1S/C11H16O6.12CH4/c1-9(12)7-17-10(13)5-3-4-6-16-11(14)8-15-2;;;;;;;;;;;;/h3-4H,5-8H2,1-2H3;12*1H4. The van der Waals surface area contributed by atoms with Gasteiger partial charge in [0.15, 0.2) is 5.78 Å². The van der Waals surface area contributed by atoms with Crippen molar-refractivity contribution in [2.24, 2.45) is 0 Å². The first kappa shape index (κ1) is 92.3. The molecule has 6 heteroatoms. The van der Waals surface area contributed by atoms with E-state index < -0.39 is 11.9 Å². The van der Waals surface area contributed by atoms with Crippen LogP contribution in [0.1, 0.15) is 102 Å². The van der Waals surface area contributed by atoms with Crippen LogP contribution < -0.4 is 0 Å². The fourth-order valence-corrected chi connectivity index (χ4v) is 0.789. The van der Waals surface area contributed by atoms with Gasteiger partial charge in [-0.1, -0.05) is 101 Å². The van der Waals surface area contributed by atoms with E-state index in [1.807, 2.05) is 0 Å². The maximum Gasteiger partial charge on any atom is 0.332 e. The number of methoxy groups -OCH3 is 1. The van der Waals surface area contributed by atoms with Gasteiger partial charge in [-0.2, -0.15) is 0 Å². The number of ketones is 1. The Balaban J connectivity index is -0.0000000194. The van der Waals surface area contributed by atoms with Crippen molar-refractivity contribution in [1.29, 1.82) is 0 Å². The van der Waals surface area contributed by atoms with Gasteiger partial charge < -0.3 is 14.2 Å². The lowest BCUT2D eigenvalue weighted by Gasteiger charge is -2.00. The Morgan fingerprint density at radius 3 is 1.38 bits per heavy atom. The largest absolute Gasteiger partial charge is 0.460 e. The number of Topliss-reactive ketones (excluding diaryl/α,β-unsaturated/α-hetero) is 1. The van der Waals surface area contributed by atoms with Crippen molar-refractivity contribution in [2.75, 3.05) is 26.9 Å². The Morgan fingerprint density at radius 1 is 0.621 bits per heavy atom. The first-order valence-corrected chi connectivity index (χ1v) is 5.01. The second-order valence-corrected chi connectivity index (χ2v) is 3.15. The van der Waals surface area contributed by atoms with Crippen LogP contribution in [0.15, 0.2) is 12.2 Å². The Morgan fingerprint density at radius 2 is 1.03 bits per heavy atom. The summed E-state index contributed by atoms with van der Waals surface area (Å²) in [5.74, 6) is -1.19. The summed E-state index contributed by atoms with van der Waals surface area (Å²) < 4.78 is 13.9. The summed E-state index contributed by atoms with van der Waals surface area (Å²) in [6.45, 7) is 1.09. The number of hydrogen-bond donors (Lipinski definition) is 0. The van der Waals surface area contributed by atoms with Crippen molar-refractivity contribution in [2.45, 2.75) is 102 Å². The number of carbonyl (C=O) groups excluding carboxylic acids is 3. The van der Waals surface area contributed by atoms with E-state index in [2.05, 4.69) is 9.47 Å². The van der Waals surface area contributed by atoms with E-state index in [0.29, 0.717) is 0 Å². The molecule has 0 bridgehead atoms. The molecule has 0 saturated carbocycles. The molecule has 0 aromatic rings. The molecule has 0 atom stereocenters. The highest BCUT2D eigenvalue weighted by Gasteiger charge is 2.01. The Hall–Kier alpha value is -1.69. The zero-order valence-electron chi connectivity index (χ0n) is 9.93. The van der Waals surface area contributed by atoms with E-state index in [1.54, 1.807) is 0 Å². The van der Waals surface area contributed by atoms with Crippen LogP contribution in [0.5, 0.6) is 0 Å². The summed E-state index contributed by atoms with van der Waals surface area (Å²) in [6, 6.07) is 0. The highest BCUT2D eigenvalue weighted by atomic mass is 16.6. The lowest BCUT2D eigenvalue weighted by Crippen LogP contribution is -2.11. The van der Waals surface area contributed by atoms with E-state index in [-0.39, 0.29) is 121 Å². The zero-order valence-corrected chi connectivity index (χ0v) is 9.93. The molecule has 192 valence electrons. The van der Waals surface area contributed by atoms with E-state index in [0.717, 1.165) is 0 Å². The number of ether oxygens (including phenoxy) is 3. The topological polar surface area (TPSA) is 78.9 Å². The molecule has 29 heavy (non-hydrogen) atoms. The quantitative estimate of drug-likeness (QED) is 0.284. The summed E-state index contributed by atoms with van der Waals surface area (Å²) in [5, 5.41) is 0. The second kappa shape index (κ2) is 63.4. The third-order valence-corrected chi connectivity index (χ3v) is 1.49. The first-order chi connectivity index (χ1) is 8.06. The molecule has 0 radical (unpaired) electrons. The van der Waals surface area contributed by atoms with E-state index >= 15 is 0 Å². The summed E-state index contributed by atoms with van der Waals surface area (Å²) in [6.07, 6.45) is 3.06. The van der Waals surface area contributed by atoms with E-state index in [9.17, 15) is 14.4 Å². The molecule has 0 aliphatic carbocycles. The summed E-state index contributed by atoms with van der Waals surface area (Å²) >= 11 is 0. The Labute approximate surface area is 188 Å². The lowest BCUT2D eigenvalue weighted by molar-refractivity contribution is -0.146. The molecule has 0 rings (SSSR count). The second-order valence-electron chi connectivity index (χ2n) is 3.15. The number of carbonyl (C=O) groups is 3. The third kappa shape index (κ3) is 75.9. The summed E-state index contributed by atoms with van der Waals surface area (Å²) in [4.78, 5) is 32.3. The van der Waals surface area contributed by atoms with Gasteiger partial charge >= 0.3 is 11.9 Å². The van der Waals surface area contributed by atoms with Crippen molar-refractivity contribution in [3.05, 3.63) is 12.2 Å². The Kier molecular flexibility index (Phi) is 202. The van der Waals surface area contributed by atoms with Gasteiger partial charge in [0.25, 0.3) is 0 Å². The van der Waals surface area contributed by atoms with Crippen LogP contribution in [-0.4, -0.2) is 44.7 Å². The van der Waals surface area contributed by atoms with E-state index in [4.69, 9.17) is 4.74 Å². The maximum absolute atomic E-state index is 11.0. The maximum atomic E-state index is 11.0. The number of rotatable bonds is 8. The smallest absolute Gasteiger partial charge is 0.332 e. The molecule has 0 N–H and O–H groups in total. The third-order valence-electron chi connectivity index (χ3n) is 1.49. The summed E-state index contributed by atoms with van der Waals surface area (Å²) in [7, 11) is 1.39. The SMILES string of the molecule is C.C.C.C.C.C.C.C.C.C.C.C.COCC(=O)OCC=CCC(=O)OCC(C)=O. The average Bonchev–Trinajstić information content (AvgIpc) is 2.26. The van der Waals surface area contributed by atoms with Gasteiger partial charge in [0.2, 0.25) is 0 Å². The highest BCUT2D eigenvalue weighted by Crippen LogP contribution is 1.90. The van der Waals surface area contributed by atoms with Crippen LogP contribution in [-0.2, 0) is 28.6 Å². The molecule has 0 spiro atoms. The van der Waals surface area contributed by atoms with Gasteiger partial charge in [-0.3, -0.25) is 9.59 Å². The minimum absolute atomic E-state index is 0. The number of hydrogen-bond acceptors (Lipinski definition) is 6. The Bertz CT molecular complexity index is 300. The van der Waals surface area contributed by atoms with Crippen LogP contribution in [0.2, 0.25) is 0 Å². The molecular weight excluding hydrogens is 372 g/mol. The first-order valence-electron chi connectivity index (χ1n) is 5.01. The van der Waals surface area contributed by atoms with Crippen molar-refractivity contribution >= 4 is 17.7 Å². The van der Waals surface area contributed by atoms with Crippen LogP contribution in [0.4, 0.5) is 0 Å². The van der Waals surface area contributed by atoms with Crippen LogP contribution >= 0.6 is 0 Å². The molecule has 0 aliphatic rings. The van der Waals surface area contributed by atoms with Crippen molar-refractivity contribution in [3.63, 3.8) is 0 Å². The predicted molar refractivity (Wildman–Crippen MR) is 139 cm³/mol. The lowest BCUT2D eigenvalue weighted by atomic mass is 10.4. The van der Waals surface area contributed by atoms with Crippen molar-refractivity contribution in [3.8, 4) is 0 Å². The average molecular weight is 437 g/mol. The highest BCUT2D eigenvalue weighted by molar-refractivity contribution is 5.80. The van der Waals surface area contributed by atoms with Crippen molar-refractivity contribution < 1.29 is 28.6 Å². The van der Waals surface area contributed by atoms with Gasteiger partial charge in [-0.15, -0.1) is 0 Å². The molecular formula is C23H64O6. The molecule has 0 aromatic heterocycles. The fourth-order valence-electron chi connectivity index (χ4n) is 0.789.